The second kappa shape index (κ2) is 7.60. The first-order valence-electron chi connectivity index (χ1n) is 7.14. The zero-order chi connectivity index (χ0) is 25.7. The Kier molecular flexibility index (Phi) is 7.13. The predicted molar refractivity (Wildman–Crippen MR) is 66.2 cm³/mol. The number of halogens is 16. The van der Waals surface area contributed by atoms with Gasteiger partial charge in [0.1, 0.15) is 0 Å². The maximum absolute atomic E-state index is 14.2. The molecule has 0 aromatic rings. The van der Waals surface area contributed by atoms with E-state index in [2.05, 4.69) is 11.3 Å². The Hall–Kier alpha value is -1.91. The van der Waals surface area contributed by atoms with Crippen LogP contribution in [0.15, 0.2) is 12.7 Å². The molecular formula is C13H8F16O2. The van der Waals surface area contributed by atoms with Crippen LogP contribution >= 0.6 is 0 Å². The molecule has 31 heavy (non-hydrogen) atoms. The number of hydrogen-bond acceptors (Lipinski definition) is 2. The van der Waals surface area contributed by atoms with Gasteiger partial charge in [0.25, 0.3) is 5.67 Å². The summed E-state index contributed by atoms with van der Waals surface area (Å²) in [5.74, 6) is -43.7. The molecule has 0 heterocycles. The molecule has 0 saturated heterocycles. The van der Waals surface area contributed by atoms with E-state index >= 15 is 0 Å². The Morgan fingerprint density at radius 3 is 1.29 bits per heavy atom. The number of esters is 1. The molecule has 0 spiro atoms. The van der Waals surface area contributed by atoms with Gasteiger partial charge in [0.2, 0.25) is 0 Å². The first-order chi connectivity index (χ1) is 13.3. The highest BCUT2D eigenvalue weighted by atomic mass is 19.4. The summed E-state index contributed by atoms with van der Waals surface area (Å²) >= 11 is 0. The molecule has 0 aromatic carbocycles. The highest BCUT2D eigenvalue weighted by Gasteiger charge is 2.94. The van der Waals surface area contributed by atoms with E-state index in [9.17, 15) is 75.0 Å². The Balaban J connectivity index is 6.86. The van der Waals surface area contributed by atoms with Gasteiger partial charge >= 0.3 is 47.9 Å². The van der Waals surface area contributed by atoms with Gasteiger partial charge in [-0.1, -0.05) is 13.5 Å². The fourth-order valence-corrected chi connectivity index (χ4v) is 1.88. The van der Waals surface area contributed by atoms with E-state index in [0.29, 0.717) is 0 Å². The van der Waals surface area contributed by atoms with Crippen LogP contribution in [0.25, 0.3) is 0 Å². The molecule has 0 bridgehead atoms. The monoisotopic (exact) mass is 500 g/mol. The summed E-state index contributed by atoms with van der Waals surface area (Å²) in [7, 11) is 0. The zero-order valence-electron chi connectivity index (χ0n) is 14.4. The lowest BCUT2D eigenvalue weighted by Crippen LogP contribution is -2.75. The van der Waals surface area contributed by atoms with Gasteiger partial charge in [-0.3, -0.25) is 0 Å². The molecule has 0 fully saturated rings. The lowest BCUT2D eigenvalue weighted by atomic mass is 9.83. The van der Waals surface area contributed by atoms with Crippen LogP contribution in [0.4, 0.5) is 70.2 Å². The van der Waals surface area contributed by atoms with Gasteiger partial charge in [0.05, 0.1) is 0 Å². The summed E-state index contributed by atoms with van der Waals surface area (Å²) < 4.78 is 213. The van der Waals surface area contributed by atoms with E-state index in [4.69, 9.17) is 0 Å². The van der Waals surface area contributed by atoms with Crippen LogP contribution < -0.4 is 0 Å². The number of rotatable bonds is 9. The molecule has 0 aliphatic rings. The van der Waals surface area contributed by atoms with Crippen molar-refractivity contribution in [1.29, 1.82) is 0 Å². The van der Waals surface area contributed by atoms with Gasteiger partial charge in [-0.15, -0.1) is 0 Å². The number of hydrogen-bond donors (Lipinski definition) is 0. The number of carbonyl (C=O) groups excluding carboxylic acids is 1. The third-order valence-corrected chi connectivity index (χ3v) is 3.78. The topological polar surface area (TPSA) is 26.3 Å². The zero-order valence-corrected chi connectivity index (χ0v) is 14.4. The Morgan fingerprint density at radius 1 is 0.677 bits per heavy atom. The van der Waals surface area contributed by atoms with E-state index < -0.39 is 60.0 Å². The molecule has 0 rings (SSSR count). The summed E-state index contributed by atoms with van der Waals surface area (Å²) in [5.41, 5.74) is -6.52. The number of alkyl halides is 16. The summed E-state index contributed by atoms with van der Waals surface area (Å²) in [6.45, 7) is 2.20. The van der Waals surface area contributed by atoms with Crippen molar-refractivity contribution in [2.75, 3.05) is 0 Å². The van der Waals surface area contributed by atoms with Gasteiger partial charge in [-0.05, 0) is 6.42 Å². The maximum Gasteiger partial charge on any atom is 0.460 e. The van der Waals surface area contributed by atoms with E-state index in [0.717, 1.165) is 0 Å². The van der Waals surface area contributed by atoms with Crippen LogP contribution in [0.5, 0.6) is 0 Å². The standard InChI is InChI=1S/C13H8F16O2/c1-3-5(30)31-13(28,29)6(14,4-2)7(15,16)8(17,18)9(19,20)10(21,22)11(23,24)12(25,26)27/h3H,1,4H2,2H3. The Morgan fingerprint density at radius 2 is 1.00 bits per heavy atom. The van der Waals surface area contributed by atoms with Gasteiger partial charge in [0, 0.05) is 6.08 Å². The first-order valence-corrected chi connectivity index (χ1v) is 7.14. The second-order valence-electron chi connectivity index (χ2n) is 5.67. The molecule has 0 N–H and O–H groups in total. The Labute approximate surface area is 160 Å². The van der Waals surface area contributed by atoms with Gasteiger partial charge in [0.15, 0.2) is 0 Å². The van der Waals surface area contributed by atoms with Crippen molar-refractivity contribution in [2.24, 2.45) is 0 Å². The van der Waals surface area contributed by atoms with Gasteiger partial charge in [-0.2, -0.15) is 65.9 Å². The van der Waals surface area contributed by atoms with Crippen LogP contribution in [0.1, 0.15) is 13.3 Å². The van der Waals surface area contributed by atoms with Gasteiger partial charge in [-0.25, -0.2) is 9.18 Å². The molecule has 0 radical (unpaired) electrons. The van der Waals surface area contributed by atoms with E-state index in [-0.39, 0.29) is 13.0 Å². The molecule has 0 aliphatic heterocycles. The van der Waals surface area contributed by atoms with Crippen molar-refractivity contribution in [3.05, 3.63) is 12.7 Å². The second-order valence-corrected chi connectivity index (χ2v) is 5.67. The molecule has 2 nitrogen and oxygen atoms in total. The van der Waals surface area contributed by atoms with Crippen LogP contribution in [0, 0.1) is 0 Å². The molecule has 0 saturated carbocycles. The normalized spacial score (nSPS) is 17.2. The van der Waals surface area contributed by atoms with E-state index in [1.54, 1.807) is 0 Å². The first kappa shape index (κ1) is 29.1. The fraction of sp³-hybridized carbons (Fsp3) is 0.769. The van der Waals surface area contributed by atoms with Crippen molar-refractivity contribution < 1.29 is 79.8 Å². The maximum atomic E-state index is 14.2. The fourth-order valence-electron chi connectivity index (χ4n) is 1.88. The smallest absolute Gasteiger partial charge is 0.395 e. The van der Waals surface area contributed by atoms with Crippen molar-refractivity contribution in [2.45, 2.75) is 60.9 Å². The summed E-state index contributed by atoms with van der Waals surface area (Å²) in [6, 6.07) is 0. The minimum Gasteiger partial charge on any atom is -0.395 e. The predicted octanol–water partition coefficient (Wildman–Crippen LogP) is 6.17. The largest absolute Gasteiger partial charge is 0.460 e. The highest BCUT2D eigenvalue weighted by Crippen LogP contribution is 2.64. The van der Waals surface area contributed by atoms with Gasteiger partial charge < -0.3 is 4.74 Å². The molecule has 0 aromatic heterocycles. The minimum absolute atomic E-state index is 0.208. The Bertz CT molecular complexity index is 694. The molecule has 184 valence electrons. The quantitative estimate of drug-likeness (QED) is 0.215. The average molecular weight is 500 g/mol. The summed E-state index contributed by atoms with van der Waals surface area (Å²) in [6.07, 6.45) is -17.3. The average Bonchev–Trinajstić information content (AvgIpc) is 2.58. The van der Waals surface area contributed by atoms with Crippen LogP contribution in [-0.4, -0.2) is 53.5 Å². The number of ether oxygens (including phenoxy) is 1. The van der Waals surface area contributed by atoms with E-state index in [1.807, 2.05) is 0 Å². The minimum atomic E-state index is -8.49. The SMILES string of the molecule is C=CC(=O)OC(F)(F)C(F)(CC)C(F)(F)C(F)(F)C(F)(F)C(F)(F)C(F)(F)C(F)(F)F. The molecule has 0 amide bonds. The molecular weight excluding hydrogens is 492 g/mol. The molecule has 1 atom stereocenters. The third-order valence-electron chi connectivity index (χ3n) is 3.78. The molecule has 1 unspecified atom stereocenters. The lowest BCUT2D eigenvalue weighted by Gasteiger charge is -2.44. The summed E-state index contributed by atoms with van der Waals surface area (Å²) in [4.78, 5) is 10.7. The number of carbonyl (C=O) groups is 1. The third kappa shape index (κ3) is 3.78. The van der Waals surface area contributed by atoms with Crippen molar-refractivity contribution >= 4 is 5.97 Å². The summed E-state index contributed by atoms with van der Waals surface area (Å²) in [5, 5.41) is 0. The van der Waals surface area contributed by atoms with Crippen LogP contribution in [0.2, 0.25) is 0 Å². The molecule has 0 aliphatic carbocycles. The van der Waals surface area contributed by atoms with Crippen molar-refractivity contribution in [3.63, 3.8) is 0 Å². The molecule has 18 heteroatoms. The van der Waals surface area contributed by atoms with Crippen molar-refractivity contribution in [3.8, 4) is 0 Å². The highest BCUT2D eigenvalue weighted by molar-refractivity contribution is 5.81. The van der Waals surface area contributed by atoms with Crippen LogP contribution in [0.3, 0.4) is 0 Å². The lowest BCUT2D eigenvalue weighted by molar-refractivity contribution is -0.460. The van der Waals surface area contributed by atoms with Crippen molar-refractivity contribution in [1.82, 2.24) is 0 Å². The van der Waals surface area contributed by atoms with E-state index in [1.165, 1.54) is 0 Å². The van der Waals surface area contributed by atoms with Crippen LogP contribution in [-0.2, 0) is 9.53 Å².